The van der Waals surface area contributed by atoms with Gasteiger partial charge in [0.25, 0.3) is 0 Å². The number of nitrogens with zero attached hydrogens (tertiary/aromatic N) is 6. The Balaban J connectivity index is 1.47. The predicted octanol–water partition coefficient (Wildman–Crippen LogP) is 2.07. The molecule has 8 heteroatoms. The number of ether oxygens (including phenoxy) is 1. The van der Waals surface area contributed by atoms with Crippen LogP contribution in [0.25, 0.3) is 0 Å². The lowest BCUT2D eigenvalue weighted by Crippen LogP contribution is -2.39. The first-order valence-corrected chi connectivity index (χ1v) is 8.70. The fraction of sp³-hybridized carbons (Fsp3) is 0.375. The van der Waals surface area contributed by atoms with Crippen LogP contribution in [0.4, 0.5) is 0 Å². The first-order valence-electron chi connectivity index (χ1n) is 7.82. The van der Waals surface area contributed by atoms with Crippen molar-refractivity contribution in [1.82, 2.24) is 29.4 Å². The van der Waals surface area contributed by atoms with Gasteiger partial charge in [-0.05, 0) is 13.0 Å². The quantitative estimate of drug-likeness (QED) is 0.707. The van der Waals surface area contributed by atoms with Gasteiger partial charge in [0.15, 0.2) is 0 Å². The number of rotatable bonds is 5. The molecule has 0 spiro atoms. The molecule has 1 aliphatic rings. The largest absolute Gasteiger partial charge is 0.461 e. The number of fused-ring (bicyclic) bond motifs is 1. The molecule has 0 amide bonds. The molecule has 4 rings (SSSR count). The lowest BCUT2D eigenvalue weighted by Gasteiger charge is -2.33. The molecular weight excluding hydrogens is 324 g/mol. The molecule has 0 bridgehead atoms. The summed E-state index contributed by atoms with van der Waals surface area (Å²) in [6.45, 7) is 5.05. The molecule has 1 atom stereocenters. The maximum absolute atomic E-state index is 5.83. The molecule has 0 saturated carbocycles. The summed E-state index contributed by atoms with van der Waals surface area (Å²) in [5.41, 5.74) is 2.09. The Morgan fingerprint density at radius 3 is 3.12 bits per heavy atom. The molecule has 124 valence electrons. The molecule has 0 N–H and O–H groups in total. The van der Waals surface area contributed by atoms with Crippen molar-refractivity contribution in [1.29, 1.82) is 0 Å². The Hall–Kier alpha value is -2.32. The van der Waals surface area contributed by atoms with E-state index < -0.39 is 0 Å². The molecule has 0 aliphatic carbocycles. The molecule has 0 saturated heterocycles. The van der Waals surface area contributed by atoms with Crippen LogP contribution >= 0.6 is 11.3 Å². The summed E-state index contributed by atoms with van der Waals surface area (Å²) in [5, 5.41) is 3.14. The molecule has 0 aromatic carbocycles. The highest BCUT2D eigenvalue weighted by atomic mass is 32.1. The van der Waals surface area contributed by atoms with E-state index in [0.717, 1.165) is 30.3 Å². The van der Waals surface area contributed by atoms with E-state index in [1.807, 2.05) is 37.1 Å². The zero-order valence-electron chi connectivity index (χ0n) is 13.4. The fourth-order valence-electron chi connectivity index (χ4n) is 2.90. The maximum Gasteiger partial charge on any atom is 0.316 e. The third kappa shape index (κ3) is 3.29. The van der Waals surface area contributed by atoms with E-state index in [9.17, 15) is 0 Å². The van der Waals surface area contributed by atoms with Crippen molar-refractivity contribution < 1.29 is 4.74 Å². The van der Waals surface area contributed by atoms with Crippen molar-refractivity contribution in [3.63, 3.8) is 0 Å². The lowest BCUT2D eigenvalue weighted by atomic mass is 10.2. The Labute approximate surface area is 144 Å². The van der Waals surface area contributed by atoms with E-state index in [-0.39, 0.29) is 6.04 Å². The summed E-state index contributed by atoms with van der Waals surface area (Å²) in [6, 6.07) is 2.46. The van der Waals surface area contributed by atoms with Crippen LogP contribution < -0.4 is 4.74 Å². The summed E-state index contributed by atoms with van der Waals surface area (Å²) >= 11 is 1.69. The van der Waals surface area contributed by atoms with Gasteiger partial charge in [0.05, 0.1) is 24.6 Å². The minimum Gasteiger partial charge on any atom is -0.461 e. The molecular formula is C16H18N6OS. The molecule has 7 nitrogen and oxygen atoms in total. The Kier molecular flexibility index (Phi) is 4.22. The van der Waals surface area contributed by atoms with Gasteiger partial charge in [-0.1, -0.05) is 0 Å². The van der Waals surface area contributed by atoms with Gasteiger partial charge in [-0.2, -0.15) is 0 Å². The standard InChI is InChI=1S/C16H18N6OS/c1-12-2-3-19-16(20-12)23-10-14-8-21(9-15-18-4-5-24-15)7-13-6-17-11-22(13)14/h2-6,11,14H,7-10H2,1H3/t14-/m1/s1. The minimum absolute atomic E-state index is 0.181. The van der Waals surface area contributed by atoms with Crippen molar-refractivity contribution in [2.45, 2.75) is 26.1 Å². The van der Waals surface area contributed by atoms with Crippen molar-refractivity contribution in [2.75, 3.05) is 13.2 Å². The summed E-state index contributed by atoms with van der Waals surface area (Å²) < 4.78 is 8.01. The van der Waals surface area contributed by atoms with E-state index in [1.54, 1.807) is 17.5 Å². The van der Waals surface area contributed by atoms with Gasteiger partial charge in [-0.15, -0.1) is 11.3 Å². The lowest BCUT2D eigenvalue weighted by molar-refractivity contribution is 0.132. The molecule has 0 fully saturated rings. The van der Waals surface area contributed by atoms with Gasteiger partial charge in [-0.25, -0.2) is 19.9 Å². The van der Waals surface area contributed by atoms with Crippen LogP contribution in [0.2, 0.25) is 0 Å². The van der Waals surface area contributed by atoms with Crippen LogP contribution in [-0.4, -0.2) is 42.6 Å². The van der Waals surface area contributed by atoms with E-state index in [1.165, 1.54) is 5.69 Å². The van der Waals surface area contributed by atoms with Gasteiger partial charge >= 0.3 is 6.01 Å². The second-order valence-corrected chi connectivity index (χ2v) is 6.81. The number of hydrogen-bond donors (Lipinski definition) is 0. The zero-order valence-corrected chi connectivity index (χ0v) is 14.2. The van der Waals surface area contributed by atoms with E-state index in [2.05, 4.69) is 29.4 Å². The summed E-state index contributed by atoms with van der Waals surface area (Å²) in [6.07, 6.45) is 7.37. The SMILES string of the molecule is Cc1ccnc(OC[C@H]2CN(Cc3nccs3)Cc3cncn32)n1. The second kappa shape index (κ2) is 6.66. The molecule has 1 aliphatic heterocycles. The van der Waals surface area contributed by atoms with Crippen LogP contribution in [0, 0.1) is 6.92 Å². The van der Waals surface area contributed by atoms with Gasteiger partial charge in [0.2, 0.25) is 0 Å². The molecule has 3 aromatic heterocycles. The van der Waals surface area contributed by atoms with Crippen LogP contribution in [0.3, 0.4) is 0 Å². The van der Waals surface area contributed by atoms with Crippen molar-refractivity contribution in [3.05, 3.63) is 52.8 Å². The second-order valence-electron chi connectivity index (χ2n) is 5.83. The molecule has 4 heterocycles. The fourth-order valence-corrected chi connectivity index (χ4v) is 3.56. The van der Waals surface area contributed by atoms with Gasteiger partial charge < -0.3 is 9.30 Å². The summed E-state index contributed by atoms with van der Waals surface area (Å²) in [7, 11) is 0. The Morgan fingerprint density at radius 2 is 2.29 bits per heavy atom. The van der Waals surface area contributed by atoms with Gasteiger partial charge in [-0.3, -0.25) is 4.90 Å². The minimum atomic E-state index is 0.181. The average Bonchev–Trinajstić information content (AvgIpc) is 3.24. The Bertz CT molecular complexity index is 803. The van der Waals surface area contributed by atoms with Crippen LogP contribution in [0.15, 0.2) is 36.4 Å². The first-order chi connectivity index (χ1) is 11.8. The van der Waals surface area contributed by atoms with Crippen LogP contribution in [0.5, 0.6) is 6.01 Å². The number of imidazole rings is 1. The van der Waals surface area contributed by atoms with Gasteiger partial charge in [0.1, 0.15) is 11.6 Å². The highest BCUT2D eigenvalue weighted by Gasteiger charge is 2.26. The number of aromatic nitrogens is 5. The average molecular weight is 342 g/mol. The van der Waals surface area contributed by atoms with Crippen molar-refractivity contribution in [3.8, 4) is 6.01 Å². The van der Waals surface area contributed by atoms with Crippen molar-refractivity contribution >= 4 is 11.3 Å². The smallest absolute Gasteiger partial charge is 0.316 e. The molecule has 3 aromatic rings. The number of hydrogen-bond acceptors (Lipinski definition) is 7. The number of aryl methyl sites for hydroxylation is 1. The monoisotopic (exact) mass is 342 g/mol. The highest BCUT2D eigenvalue weighted by molar-refractivity contribution is 7.09. The third-order valence-corrected chi connectivity index (χ3v) is 4.78. The highest BCUT2D eigenvalue weighted by Crippen LogP contribution is 2.23. The summed E-state index contributed by atoms with van der Waals surface area (Å²) in [4.78, 5) is 19.5. The van der Waals surface area contributed by atoms with Crippen molar-refractivity contribution in [2.24, 2.45) is 0 Å². The molecule has 0 radical (unpaired) electrons. The molecule has 24 heavy (non-hydrogen) atoms. The first kappa shape index (κ1) is 15.2. The van der Waals surface area contributed by atoms with E-state index in [0.29, 0.717) is 12.6 Å². The Morgan fingerprint density at radius 1 is 1.33 bits per heavy atom. The van der Waals surface area contributed by atoms with Gasteiger partial charge in [0, 0.05) is 42.8 Å². The molecule has 0 unspecified atom stereocenters. The normalized spacial score (nSPS) is 17.6. The van der Waals surface area contributed by atoms with E-state index in [4.69, 9.17) is 4.74 Å². The van der Waals surface area contributed by atoms with Crippen LogP contribution in [0.1, 0.15) is 22.4 Å². The maximum atomic E-state index is 5.83. The zero-order chi connectivity index (χ0) is 16.4. The summed E-state index contributed by atoms with van der Waals surface area (Å²) in [5.74, 6) is 0. The van der Waals surface area contributed by atoms with Crippen LogP contribution in [-0.2, 0) is 13.1 Å². The van der Waals surface area contributed by atoms with E-state index >= 15 is 0 Å². The predicted molar refractivity (Wildman–Crippen MR) is 89.8 cm³/mol. The topological polar surface area (TPSA) is 69.0 Å². The number of thiazole rings is 1. The third-order valence-electron chi connectivity index (χ3n) is 4.01.